The minimum atomic E-state index is -1.44. The van der Waals surface area contributed by atoms with E-state index in [-0.39, 0.29) is 28.3 Å². The van der Waals surface area contributed by atoms with Crippen LogP contribution in [0.3, 0.4) is 0 Å². The van der Waals surface area contributed by atoms with Gasteiger partial charge in [-0.25, -0.2) is 4.39 Å². The third-order valence-electron chi connectivity index (χ3n) is 2.17. The summed E-state index contributed by atoms with van der Waals surface area (Å²) in [5.41, 5.74) is 5.20. The highest BCUT2D eigenvalue weighted by atomic mass is 79.9. The van der Waals surface area contributed by atoms with Gasteiger partial charge >= 0.3 is 5.97 Å². The predicted molar refractivity (Wildman–Crippen MR) is 54.8 cm³/mol. The zero-order chi connectivity index (χ0) is 11.9. The Bertz CT molecular complexity index is 465. The maximum Gasteiger partial charge on any atom is 0.325 e. The van der Waals surface area contributed by atoms with Gasteiger partial charge in [0.2, 0.25) is 6.79 Å². The third kappa shape index (κ3) is 1.61. The van der Waals surface area contributed by atoms with Gasteiger partial charge in [-0.3, -0.25) is 4.79 Å². The molecular weight excluding hydrogens is 285 g/mol. The molecule has 0 saturated heterocycles. The highest BCUT2D eigenvalue weighted by molar-refractivity contribution is 9.10. The Kier molecular flexibility index (Phi) is 2.73. The molecule has 1 heterocycles. The van der Waals surface area contributed by atoms with Crippen molar-refractivity contribution in [3.63, 3.8) is 0 Å². The van der Waals surface area contributed by atoms with Gasteiger partial charge in [0.1, 0.15) is 11.9 Å². The van der Waals surface area contributed by atoms with E-state index in [0.29, 0.717) is 0 Å². The van der Waals surface area contributed by atoms with Crippen molar-refractivity contribution < 1.29 is 23.8 Å². The van der Waals surface area contributed by atoms with Crippen molar-refractivity contribution in [2.75, 3.05) is 6.79 Å². The van der Waals surface area contributed by atoms with E-state index in [4.69, 9.17) is 20.3 Å². The summed E-state index contributed by atoms with van der Waals surface area (Å²) in [5, 5.41) is 8.72. The van der Waals surface area contributed by atoms with Crippen LogP contribution in [0.1, 0.15) is 11.6 Å². The van der Waals surface area contributed by atoms with E-state index in [1.165, 1.54) is 6.07 Å². The summed E-state index contributed by atoms with van der Waals surface area (Å²) in [4.78, 5) is 10.7. The maximum atomic E-state index is 13.7. The second-order valence-corrected chi connectivity index (χ2v) is 3.94. The summed E-state index contributed by atoms with van der Waals surface area (Å²) in [7, 11) is 0. The molecule has 7 heteroatoms. The van der Waals surface area contributed by atoms with Crippen LogP contribution in [-0.2, 0) is 4.79 Å². The van der Waals surface area contributed by atoms with E-state index in [1.807, 2.05) is 0 Å². The van der Waals surface area contributed by atoms with E-state index in [0.717, 1.165) is 0 Å². The quantitative estimate of drug-likeness (QED) is 0.861. The molecule has 0 bridgehead atoms. The number of rotatable bonds is 2. The van der Waals surface area contributed by atoms with Crippen LogP contribution in [0, 0.1) is 5.82 Å². The number of hydrogen-bond acceptors (Lipinski definition) is 4. The molecule has 1 unspecified atom stereocenters. The van der Waals surface area contributed by atoms with Gasteiger partial charge in [-0.1, -0.05) is 0 Å². The van der Waals surface area contributed by atoms with Crippen molar-refractivity contribution in [2.24, 2.45) is 5.73 Å². The summed E-state index contributed by atoms with van der Waals surface area (Å²) < 4.78 is 23.8. The molecule has 0 radical (unpaired) electrons. The van der Waals surface area contributed by atoms with Crippen LogP contribution in [0.5, 0.6) is 11.5 Å². The van der Waals surface area contributed by atoms with Crippen molar-refractivity contribution in [2.45, 2.75) is 6.04 Å². The van der Waals surface area contributed by atoms with Crippen LogP contribution in [0.25, 0.3) is 0 Å². The standard InChI is InChI=1S/C9H7BrFNO4/c10-5-6(11)3(7(12)9(13)14)1-4-8(5)16-2-15-4/h1,7H,2,12H2,(H,13,14). The zero-order valence-electron chi connectivity index (χ0n) is 7.87. The number of carboxylic acid groups (broad SMARTS) is 1. The van der Waals surface area contributed by atoms with Crippen LogP contribution in [0.2, 0.25) is 0 Å². The number of fused-ring (bicyclic) bond motifs is 1. The van der Waals surface area contributed by atoms with E-state index < -0.39 is 17.8 Å². The Balaban J connectivity index is 2.56. The maximum absolute atomic E-state index is 13.7. The number of benzene rings is 1. The molecular formula is C9H7BrFNO4. The number of aliphatic carboxylic acids is 1. The Morgan fingerprint density at radius 2 is 2.31 bits per heavy atom. The summed E-state index contributed by atoms with van der Waals surface area (Å²) in [6.45, 7) is -0.0286. The molecule has 0 saturated carbocycles. The third-order valence-corrected chi connectivity index (χ3v) is 2.88. The molecule has 1 aliphatic heterocycles. The Hall–Kier alpha value is -1.34. The SMILES string of the molecule is NC(C(=O)O)c1cc2c(c(Br)c1F)OCO2. The Morgan fingerprint density at radius 3 is 2.94 bits per heavy atom. The average molecular weight is 292 g/mol. The van der Waals surface area contributed by atoms with Gasteiger partial charge in [-0.05, 0) is 22.0 Å². The first kappa shape index (κ1) is 11.2. The summed E-state index contributed by atoms with van der Waals surface area (Å²) in [6.07, 6.45) is 0. The first-order chi connectivity index (χ1) is 7.52. The first-order valence-corrected chi connectivity index (χ1v) is 5.07. The molecule has 3 N–H and O–H groups in total. The number of carbonyl (C=O) groups is 1. The van der Waals surface area contributed by atoms with Crippen LogP contribution >= 0.6 is 15.9 Å². The molecule has 1 atom stereocenters. The van der Waals surface area contributed by atoms with Gasteiger partial charge in [0.25, 0.3) is 0 Å². The smallest absolute Gasteiger partial charge is 0.325 e. The lowest BCUT2D eigenvalue weighted by atomic mass is 10.1. The van der Waals surface area contributed by atoms with Crippen molar-refractivity contribution in [3.8, 4) is 11.5 Å². The fraction of sp³-hybridized carbons (Fsp3) is 0.222. The van der Waals surface area contributed by atoms with Gasteiger partial charge in [-0.15, -0.1) is 0 Å². The van der Waals surface area contributed by atoms with Gasteiger partial charge in [0.05, 0.1) is 4.47 Å². The zero-order valence-corrected chi connectivity index (χ0v) is 9.45. The molecule has 1 aromatic rings. The van der Waals surface area contributed by atoms with Crippen molar-refractivity contribution in [3.05, 3.63) is 21.9 Å². The minimum absolute atomic E-state index is 0.0224. The lowest BCUT2D eigenvalue weighted by Crippen LogP contribution is -2.22. The lowest BCUT2D eigenvalue weighted by Gasteiger charge is -2.10. The second kappa shape index (κ2) is 3.91. The van der Waals surface area contributed by atoms with Crippen LogP contribution in [0.15, 0.2) is 10.5 Å². The number of carboxylic acids is 1. The van der Waals surface area contributed by atoms with E-state index in [2.05, 4.69) is 15.9 Å². The Labute approximate surface area is 98.1 Å². The summed E-state index contributed by atoms with van der Waals surface area (Å²) in [6, 6.07) is -0.202. The Morgan fingerprint density at radius 1 is 1.62 bits per heavy atom. The molecule has 86 valence electrons. The topological polar surface area (TPSA) is 81.8 Å². The largest absolute Gasteiger partial charge is 0.480 e. The van der Waals surface area contributed by atoms with Crippen molar-refractivity contribution >= 4 is 21.9 Å². The molecule has 0 amide bonds. The highest BCUT2D eigenvalue weighted by Gasteiger charge is 2.28. The predicted octanol–water partition coefficient (Wildman–Crippen LogP) is 1.40. The second-order valence-electron chi connectivity index (χ2n) is 3.14. The average Bonchev–Trinajstić information content (AvgIpc) is 2.70. The van der Waals surface area contributed by atoms with E-state index in [9.17, 15) is 9.18 Å². The summed E-state index contributed by atoms with van der Waals surface area (Å²) in [5.74, 6) is -1.57. The molecule has 16 heavy (non-hydrogen) atoms. The van der Waals surface area contributed by atoms with E-state index >= 15 is 0 Å². The molecule has 0 aromatic heterocycles. The first-order valence-electron chi connectivity index (χ1n) is 4.28. The number of nitrogens with two attached hydrogens (primary N) is 1. The van der Waals surface area contributed by atoms with E-state index in [1.54, 1.807) is 0 Å². The number of halogens is 2. The molecule has 0 spiro atoms. The van der Waals surface area contributed by atoms with Crippen LogP contribution < -0.4 is 15.2 Å². The minimum Gasteiger partial charge on any atom is -0.480 e. The monoisotopic (exact) mass is 291 g/mol. The molecule has 0 fully saturated rings. The van der Waals surface area contributed by atoms with Crippen LogP contribution in [0.4, 0.5) is 4.39 Å². The molecule has 0 aliphatic carbocycles. The molecule has 5 nitrogen and oxygen atoms in total. The van der Waals surface area contributed by atoms with Crippen LogP contribution in [-0.4, -0.2) is 17.9 Å². The lowest BCUT2D eigenvalue weighted by molar-refractivity contribution is -0.138. The highest BCUT2D eigenvalue weighted by Crippen LogP contribution is 2.43. The fourth-order valence-corrected chi connectivity index (χ4v) is 1.90. The number of hydrogen-bond donors (Lipinski definition) is 2. The molecule has 2 rings (SSSR count). The normalized spacial score (nSPS) is 14.9. The molecule has 1 aromatic carbocycles. The van der Waals surface area contributed by atoms with Gasteiger partial charge in [0.15, 0.2) is 11.5 Å². The van der Waals surface area contributed by atoms with Gasteiger partial charge < -0.3 is 20.3 Å². The van der Waals surface area contributed by atoms with Crippen molar-refractivity contribution in [1.82, 2.24) is 0 Å². The summed E-state index contributed by atoms with van der Waals surface area (Å²) >= 11 is 2.97. The van der Waals surface area contributed by atoms with Gasteiger partial charge in [-0.2, -0.15) is 0 Å². The van der Waals surface area contributed by atoms with Crippen molar-refractivity contribution in [1.29, 1.82) is 0 Å². The fourth-order valence-electron chi connectivity index (χ4n) is 1.36. The number of ether oxygens (including phenoxy) is 2. The molecule has 1 aliphatic rings. The van der Waals surface area contributed by atoms with Gasteiger partial charge in [0, 0.05) is 5.56 Å².